The average Bonchev–Trinajstić information content (AvgIpc) is 3.20. The summed E-state index contributed by atoms with van der Waals surface area (Å²) in [5.41, 5.74) is 1.66. The number of rotatable bonds is 4. The first-order valence-corrected chi connectivity index (χ1v) is 10.2. The predicted octanol–water partition coefficient (Wildman–Crippen LogP) is 5.77. The van der Waals surface area contributed by atoms with Gasteiger partial charge in [0.1, 0.15) is 11.6 Å². The summed E-state index contributed by atoms with van der Waals surface area (Å²) in [6.45, 7) is 1.73. The Hall–Kier alpha value is -3.20. The second kappa shape index (κ2) is 8.38. The Labute approximate surface area is 187 Å². The van der Waals surface area contributed by atoms with Crippen LogP contribution in [0.2, 0.25) is 5.02 Å². The summed E-state index contributed by atoms with van der Waals surface area (Å²) in [5, 5.41) is 10.2. The molecule has 0 spiro atoms. The van der Waals surface area contributed by atoms with Gasteiger partial charge in [-0.3, -0.25) is 4.79 Å². The molecule has 2 aromatic carbocycles. The lowest BCUT2D eigenvalue weighted by molar-refractivity contribution is -0.173. The summed E-state index contributed by atoms with van der Waals surface area (Å²) in [6, 6.07) is 10.7. The quantitative estimate of drug-likeness (QED) is 0.514. The minimum atomic E-state index is -4.54. The lowest BCUT2D eigenvalue weighted by atomic mass is 9.97. The molecular weight excluding hydrogens is 445 g/mol. The first kappa shape index (κ1) is 22.0. The molecule has 2 heterocycles. The summed E-state index contributed by atoms with van der Waals surface area (Å²) >= 11 is 6.07. The molecule has 0 unspecified atom stereocenters. The second-order valence-corrected chi connectivity index (χ2v) is 7.90. The van der Waals surface area contributed by atoms with Gasteiger partial charge in [0.05, 0.1) is 13.2 Å². The number of carbonyl (C=O) groups excluding carboxylic acids is 1. The molecule has 168 valence electrons. The van der Waals surface area contributed by atoms with Crippen molar-refractivity contribution in [3.05, 3.63) is 70.4 Å². The lowest BCUT2D eigenvalue weighted by Crippen LogP contribution is -2.35. The van der Waals surface area contributed by atoms with Gasteiger partial charge in [0, 0.05) is 23.2 Å². The number of nitrogens with one attached hydrogen (secondary N) is 2. The third-order valence-corrected chi connectivity index (χ3v) is 5.87. The number of ether oxygens (including phenoxy) is 1. The van der Waals surface area contributed by atoms with Crippen molar-refractivity contribution in [3.8, 4) is 5.75 Å². The van der Waals surface area contributed by atoms with E-state index in [9.17, 15) is 18.0 Å². The molecule has 1 aliphatic heterocycles. The number of amides is 1. The fraction of sp³-hybridized carbons (Fsp3) is 0.273. The van der Waals surface area contributed by atoms with Gasteiger partial charge in [0.2, 0.25) is 0 Å². The fourth-order valence-corrected chi connectivity index (χ4v) is 3.84. The summed E-state index contributed by atoms with van der Waals surface area (Å²) in [4.78, 5) is 12.7. The van der Waals surface area contributed by atoms with Crippen molar-refractivity contribution in [2.24, 2.45) is 0 Å². The predicted molar refractivity (Wildman–Crippen MR) is 115 cm³/mol. The van der Waals surface area contributed by atoms with Gasteiger partial charge in [-0.05, 0) is 42.3 Å². The Kier molecular flexibility index (Phi) is 5.77. The number of halogens is 4. The number of alkyl halides is 3. The maximum Gasteiger partial charge on any atom is 0.410 e. The smallest absolute Gasteiger partial charge is 0.410 e. The molecule has 3 aromatic rings. The maximum atomic E-state index is 13.9. The van der Waals surface area contributed by atoms with E-state index in [-0.39, 0.29) is 17.9 Å². The van der Waals surface area contributed by atoms with Crippen LogP contribution in [0.1, 0.15) is 40.1 Å². The van der Waals surface area contributed by atoms with Crippen LogP contribution in [0.25, 0.3) is 0 Å². The summed E-state index contributed by atoms with van der Waals surface area (Å²) in [6.07, 6.45) is -4.80. The minimum absolute atomic E-state index is 0.118. The number of carbonyl (C=O) groups is 1. The van der Waals surface area contributed by atoms with E-state index in [1.807, 2.05) is 0 Å². The van der Waals surface area contributed by atoms with E-state index in [1.165, 1.54) is 13.2 Å². The highest BCUT2D eigenvalue weighted by Gasteiger charge is 2.46. The standard InChI is InChI=1S/C22H20ClF3N4O2/c1-12-15(23)4-3-5-16(12)28-21(31)18-11-20-27-17(13-6-8-14(32-2)9-7-13)10-19(22(24,25)26)30(20)29-18/h3-9,11,17,19,27H,10H2,1-2H3,(H,28,31)/t17-,19-/m1/s1. The molecule has 0 saturated heterocycles. The van der Waals surface area contributed by atoms with Gasteiger partial charge in [-0.1, -0.05) is 29.8 Å². The van der Waals surface area contributed by atoms with E-state index in [4.69, 9.17) is 16.3 Å². The molecule has 0 bridgehead atoms. The van der Waals surface area contributed by atoms with E-state index in [2.05, 4.69) is 15.7 Å². The SMILES string of the molecule is COc1ccc([C@H]2C[C@H](C(F)(F)F)n3nc(C(=O)Nc4cccc(Cl)c4C)cc3N2)cc1. The number of anilines is 2. The van der Waals surface area contributed by atoms with Crippen LogP contribution in [0, 0.1) is 6.92 Å². The van der Waals surface area contributed by atoms with E-state index in [0.717, 1.165) is 4.68 Å². The van der Waals surface area contributed by atoms with Gasteiger partial charge in [0.25, 0.3) is 5.91 Å². The third-order valence-electron chi connectivity index (χ3n) is 5.46. The van der Waals surface area contributed by atoms with Crippen LogP contribution >= 0.6 is 11.6 Å². The van der Waals surface area contributed by atoms with Crippen molar-refractivity contribution in [1.82, 2.24) is 9.78 Å². The molecular formula is C22H20ClF3N4O2. The third kappa shape index (κ3) is 4.25. The molecule has 1 aliphatic rings. The van der Waals surface area contributed by atoms with E-state index in [1.54, 1.807) is 49.4 Å². The van der Waals surface area contributed by atoms with Crippen LogP contribution in [-0.2, 0) is 0 Å². The maximum absolute atomic E-state index is 13.9. The Morgan fingerprint density at radius 2 is 1.97 bits per heavy atom. The van der Waals surface area contributed by atoms with Crippen molar-refractivity contribution in [2.75, 3.05) is 17.7 Å². The zero-order valence-corrected chi connectivity index (χ0v) is 18.0. The topological polar surface area (TPSA) is 68.2 Å². The van der Waals surface area contributed by atoms with Gasteiger partial charge in [0.15, 0.2) is 11.7 Å². The molecule has 2 N–H and O–H groups in total. The number of aromatic nitrogens is 2. The van der Waals surface area contributed by atoms with Crippen molar-refractivity contribution in [3.63, 3.8) is 0 Å². The monoisotopic (exact) mass is 464 g/mol. The van der Waals surface area contributed by atoms with E-state index in [0.29, 0.717) is 27.6 Å². The average molecular weight is 465 g/mol. The fourth-order valence-electron chi connectivity index (χ4n) is 3.67. The van der Waals surface area contributed by atoms with E-state index < -0.39 is 24.2 Å². The number of benzene rings is 2. The van der Waals surface area contributed by atoms with Crippen LogP contribution in [0.5, 0.6) is 5.75 Å². The number of nitrogens with zero attached hydrogens (tertiary/aromatic N) is 2. The molecule has 0 fully saturated rings. The molecule has 1 aromatic heterocycles. The highest BCUT2D eigenvalue weighted by molar-refractivity contribution is 6.31. The van der Waals surface area contributed by atoms with Crippen LogP contribution in [0.4, 0.5) is 24.7 Å². The van der Waals surface area contributed by atoms with Crippen molar-refractivity contribution < 1.29 is 22.7 Å². The molecule has 6 nitrogen and oxygen atoms in total. The Balaban J connectivity index is 1.64. The van der Waals surface area contributed by atoms with Gasteiger partial charge >= 0.3 is 6.18 Å². The lowest BCUT2D eigenvalue weighted by Gasteiger charge is -2.33. The molecule has 10 heteroatoms. The minimum Gasteiger partial charge on any atom is -0.497 e. The number of methoxy groups -OCH3 is 1. The number of hydrogen-bond donors (Lipinski definition) is 2. The zero-order chi connectivity index (χ0) is 23.0. The molecule has 1 amide bonds. The molecule has 0 saturated carbocycles. The number of hydrogen-bond acceptors (Lipinski definition) is 4. The van der Waals surface area contributed by atoms with Crippen molar-refractivity contribution in [2.45, 2.75) is 31.6 Å². The molecule has 2 atom stereocenters. The van der Waals surface area contributed by atoms with Gasteiger partial charge in [-0.15, -0.1) is 0 Å². The van der Waals surface area contributed by atoms with Gasteiger partial charge in [-0.25, -0.2) is 4.68 Å². The van der Waals surface area contributed by atoms with Crippen molar-refractivity contribution in [1.29, 1.82) is 0 Å². The summed E-state index contributed by atoms with van der Waals surface area (Å²) in [5.74, 6) is 0.102. The van der Waals surface area contributed by atoms with Crippen LogP contribution in [0.3, 0.4) is 0 Å². The highest BCUT2D eigenvalue weighted by Crippen LogP contribution is 2.43. The Morgan fingerprint density at radius 1 is 1.25 bits per heavy atom. The van der Waals surface area contributed by atoms with Gasteiger partial charge < -0.3 is 15.4 Å². The molecule has 4 rings (SSSR count). The molecule has 0 aliphatic carbocycles. The first-order chi connectivity index (χ1) is 15.2. The Morgan fingerprint density at radius 3 is 2.62 bits per heavy atom. The largest absolute Gasteiger partial charge is 0.497 e. The van der Waals surface area contributed by atoms with Crippen LogP contribution in [0.15, 0.2) is 48.5 Å². The van der Waals surface area contributed by atoms with Crippen LogP contribution < -0.4 is 15.4 Å². The normalized spacial score (nSPS) is 17.9. The number of fused-ring (bicyclic) bond motifs is 1. The summed E-state index contributed by atoms with van der Waals surface area (Å²) < 4.78 is 47.5. The van der Waals surface area contributed by atoms with Crippen LogP contribution in [-0.4, -0.2) is 29.0 Å². The van der Waals surface area contributed by atoms with Crippen molar-refractivity contribution >= 4 is 29.0 Å². The summed E-state index contributed by atoms with van der Waals surface area (Å²) in [7, 11) is 1.52. The second-order valence-electron chi connectivity index (χ2n) is 7.49. The Bertz CT molecular complexity index is 1150. The molecule has 32 heavy (non-hydrogen) atoms. The van der Waals surface area contributed by atoms with E-state index >= 15 is 0 Å². The zero-order valence-electron chi connectivity index (χ0n) is 17.2. The van der Waals surface area contributed by atoms with Gasteiger partial charge in [-0.2, -0.15) is 18.3 Å². The highest BCUT2D eigenvalue weighted by atomic mass is 35.5. The first-order valence-electron chi connectivity index (χ1n) is 9.80. The molecule has 0 radical (unpaired) electrons.